The zero-order valence-electron chi connectivity index (χ0n) is 12.9. The molecule has 0 bridgehead atoms. The molecule has 0 aromatic heterocycles. The van der Waals surface area contributed by atoms with Crippen molar-refractivity contribution >= 4 is 40.7 Å². The van der Waals surface area contributed by atoms with Crippen LogP contribution < -0.4 is 20.1 Å². The normalized spacial score (nSPS) is 15.4. The topological polar surface area (TPSA) is 76.7 Å². The Hall–Kier alpha value is -2.44. The van der Waals surface area contributed by atoms with Crippen LogP contribution in [-0.2, 0) is 9.59 Å². The first-order valence-corrected chi connectivity index (χ1v) is 8.22. The summed E-state index contributed by atoms with van der Waals surface area (Å²) >= 11 is 11.8. The van der Waals surface area contributed by atoms with Crippen LogP contribution in [-0.4, -0.2) is 31.1 Å². The van der Waals surface area contributed by atoms with Crippen LogP contribution in [0.2, 0.25) is 10.0 Å². The van der Waals surface area contributed by atoms with Gasteiger partial charge in [0, 0.05) is 0 Å². The monoisotopic (exact) mass is 380 g/mol. The number of amides is 2. The molecule has 3 rings (SSSR count). The third kappa shape index (κ3) is 4.15. The molecule has 130 valence electrons. The van der Waals surface area contributed by atoms with Crippen molar-refractivity contribution in [1.29, 1.82) is 0 Å². The Morgan fingerprint density at radius 1 is 1.04 bits per heavy atom. The first kappa shape index (κ1) is 17.4. The summed E-state index contributed by atoms with van der Waals surface area (Å²) in [6, 6.07) is 12.0. The highest BCUT2D eigenvalue weighted by atomic mass is 35.5. The quantitative estimate of drug-likeness (QED) is 0.802. The van der Waals surface area contributed by atoms with E-state index in [9.17, 15) is 9.59 Å². The molecule has 6 nitrogen and oxygen atoms in total. The zero-order chi connectivity index (χ0) is 17.8. The van der Waals surface area contributed by atoms with Crippen molar-refractivity contribution in [3.05, 3.63) is 52.5 Å². The van der Waals surface area contributed by atoms with Gasteiger partial charge in [-0.25, -0.2) is 0 Å². The molecular formula is C17H14Cl2N2O4. The van der Waals surface area contributed by atoms with Gasteiger partial charge in [-0.15, -0.1) is 0 Å². The predicted octanol–water partition coefficient (Wildman–Crippen LogP) is 2.89. The Kier molecular flexibility index (Phi) is 5.31. The number of anilines is 1. The number of ether oxygens (including phenoxy) is 2. The number of hydrogen-bond donors (Lipinski definition) is 2. The van der Waals surface area contributed by atoms with E-state index in [1.807, 2.05) is 12.1 Å². The van der Waals surface area contributed by atoms with Gasteiger partial charge in [-0.1, -0.05) is 41.4 Å². The molecule has 1 aliphatic heterocycles. The van der Waals surface area contributed by atoms with E-state index in [2.05, 4.69) is 10.6 Å². The highest BCUT2D eigenvalue weighted by molar-refractivity contribution is 6.45. The van der Waals surface area contributed by atoms with Crippen molar-refractivity contribution in [1.82, 2.24) is 5.32 Å². The molecule has 1 aliphatic rings. The number of para-hydroxylation sites is 2. The van der Waals surface area contributed by atoms with E-state index < -0.39 is 11.8 Å². The number of hydrogen-bond acceptors (Lipinski definition) is 4. The number of benzene rings is 2. The smallest absolute Gasteiger partial charge is 0.313 e. The van der Waals surface area contributed by atoms with E-state index in [0.29, 0.717) is 11.5 Å². The maximum Gasteiger partial charge on any atom is 0.313 e. The van der Waals surface area contributed by atoms with Crippen LogP contribution in [0.1, 0.15) is 0 Å². The molecule has 0 fully saturated rings. The Morgan fingerprint density at radius 2 is 1.80 bits per heavy atom. The average Bonchev–Trinajstić information content (AvgIpc) is 2.63. The molecule has 1 heterocycles. The van der Waals surface area contributed by atoms with Gasteiger partial charge >= 0.3 is 11.8 Å². The molecule has 0 saturated carbocycles. The third-order valence-electron chi connectivity index (χ3n) is 3.46. The lowest BCUT2D eigenvalue weighted by atomic mass is 10.2. The Morgan fingerprint density at radius 3 is 2.60 bits per heavy atom. The van der Waals surface area contributed by atoms with E-state index in [-0.39, 0.29) is 35.0 Å². The van der Waals surface area contributed by atoms with Gasteiger partial charge in [0.2, 0.25) is 0 Å². The lowest BCUT2D eigenvalue weighted by Gasteiger charge is -2.26. The molecule has 0 radical (unpaired) electrons. The second-order valence-electron chi connectivity index (χ2n) is 5.26. The Balaban J connectivity index is 1.53. The number of carbonyl (C=O) groups excluding carboxylic acids is 2. The first-order chi connectivity index (χ1) is 12.0. The van der Waals surface area contributed by atoms with Gasteiger partial charge in [-0.05, 0) is 24.3 Å². The summed E-state index contributed by atoms with van der Waals surface area (Å²) in [7, 11) is 0. The van der Waals surface area contributed by atoms with Crippen LogP contribution in [0.3, 0.4) is 0 Å². The number of fused-ring (bicyclic) bond motifs is 1. The van der Waals surface area contributed by atoms with E-state index in [1.54, 1.807) is 30.3 Å². The molecule has 2 aromatic rings. The fourth-order valence-corrected chi connectivity index (χ4v) is 2.58. The third-order valence-corrected chi connectivity index (χ3v) is 4.28. The number of halogens is 2. The minimum atomic E-state index is -0.846. The zero-order valence-corrected chi connectivity index (χ0v) is 14.4. The highest BCUT2D eigenvalue weighted by Crippen LogP contribution is 2.31. The van der Waals surface area contributed by atoms with Gasteiger partial charge in [0.25, 0.3) is 0 Å². The maximum atomic E-state index is 12.0. The molecule has 0 saturated heterocycles. The second-order valence-corrected chi connectivity index (χ2v) is 6.05. The maximum absolute atomic E-state index is 12.0. The summed E-state index contributed by atoms with van der Waals surface area (Å²) < 4.78 is 11.2. The van der Waals surface area contributed by atoms with Gasteiger partial charge in [0.1, 0.15) is 12.7 Å². The van der Waals surface area contributed by atoms with Crippen molar-refractivity contribution in [3.63, 3.8) is 0 Å². The summed E-state index contributed by atoms with van der Waals surface area (Å²) in [5.74, 6) is -0.402. The molecular weight excluding hydrogens is 367 g/mol. The summed E-state index contributed by atoms with van der Waals surface area (Å²) in [5.41, 5.74) is 0.264. The largest absolute Gasteiger partial charge is 0.486 e. The highest BCUT2D eigenvalue weighted by Gasteiger charge is 2.23. The predicted molar refractivity (Wildman–Crippen MR) is 94.5 cm³/mol. The summed E-state index contributed by atoms with van der Waals surface area (Å²) in [4.78, 5) is 23.9. The summed E-state index contributed by atoms with van der Waals surface area (Å²) in [6.45, 7) is 0.406. The van der Waals surface area contributed by atoms with Crippen LogP contribution in [0.25, 0.3) is 0 Å². The van der Waals surface area contributed by atoms with E-state index in [1.165, 1.54) is 0 Å². The fourth-order valence-electron chi connectivity index (χ4n) is 2.23. The SMILES string of the molecule is O=C(NCC1COc2ccccc2O1)C(=O)Nc1cccc(Cl)c1Cl. The minimum absolute atomic E-state index is 0.129. The van der Waals surface area contributed by atoms with Crippen molar-refractivity contribution in [2.75, 3.05) is 18.5 Å². The van der Waals surface area contributed by atoms with Crippen molar-refractivity contribution < 1.29 is 19.1 Å². The first-order valence-electron chi connectivity index (χ1n) is 7.46. The van der Waals surface area contributed by atoms with Crippen LogP contribution in [0.4, 0.5) is 5.69 Å². The fraction of sp³-hybridized carbons (Fsp3) is 0.176. The molecule has 2 aromatic carbocycles. The van der Waals surface area contributed by atoms with E-state index in [4.69, 9.17) is 32.7 Å². The van der Waals surface area contributed by atoms with Crippen LogP contribution in [0.15, 0.2) is 42.5 Å². The van der Waals surface area contributed by atoms with Gasteiger partial charge < -0.3 is 20.1 Å². The molecule has 2 amide bonds. The van der Waals surface area contributed by atoms with Gasteiger partial charge in [0.15, 0.2) is 11.5 Å². The number of carbonyl (C=O) groups is 2. The Bertz CT molecular complexity index is 813. The Labute approximate surface area is 154 Å². The number of nitrogens with one attached hydrogen (secondary N) is 2. The van der Waals surface area contributed by atoms with E-state index in [0.717, 1.165) is 0 Å². The van der Waals surface area contributed by atoms with Crippen LogP contribution >= 0.6 is 23.2 Å². The lowest BCUT2D eigenvalue weighted by molar-refractivity contribution is -0.136. The molecule has 2 N–H and O–H groups in total. The average molecular weight is 381 g/mol. The summed E-state index contributed by atoms with van der Waals surface area (Å²) in [6.07, 6.45) is -0.388. The van der Waals surface area contributed by atoms with Gasteiger partial charge in [0.05, 0.1) is 22.3 Å². The van der Waals surface area contributed by atoms with Crippen LogP contribution in [0, 0.1) is 0 Å². The molecule has 8 heteroatoms. The second kappa shape index (κ2) is 7.63. The van der Waals surface area contributed by atoms with Gasteiger partial charge in [-0.3, -0.25) is 9.59 Å². The molecule has 0 spiro atoms. The van der Waals surface area contributed by atoms with Crippen LogP contribution in [0.5, 0.6) is 11.5 Å². The van der Waals surface area contributed by atoms with Crippen molar-refractivity contribution in [2.45, 2.75) is 6.10 Å². The molecule has 1 unspecified atom stereocenters. The molecule has 0 aliphatic carbocycles. The minimum Gasteiger partial charge on any atom is -0.486 e. The van der Waals surface area contributed by atoms with Crippen molar-refractivity contribution in [3.8, 4) is 11.5 Å². The number of rotatable bonds is 3. The van der Waals surface area contributed by atoms with Crippen molar-refractivity contribution in [2.24, 2.45) is 0 Å². The summed E-state index contributed by atoms with van der Waals surface area (Å²) in [5, 5.41) is 5.38. The molecule has 25 heavy (non-hydrogen) atoms. The van der Waals surface area contributed by atoms with E-state index >= 15 is 0 Å². The van der Waals surface area contributed by atoms with Gasteiger partial charge in [-0.2, -0.15) is 0 Å². The lowest BCUT2D eigenvalue weighted by Crippen LogP contribution is -2.44. The standard InChI is InChI=1S/C17H14Cl2N2O4/c18-11-4-3-5-12(15(11)19)21-17(23)16(22)20-8-10-9-24-13-6-1-2-7-14(13)25-10/h1-7,10H,8-9H2,(H,20,22)(H,21,23). The molecule has 1 atom stereocenters.